The molecule has 4 nitrogen and oxygen atoms in total. The maximum Gasteiger partial charge on any atom is 0.164 e. The van der Waals surface area contributed by atoms with E-state index in [1.54, 1.807) is 11.0 Å². The van der Waals surface area contributed by atoms with Gasteiger partial charge in [-0.3, -0.25) is 4.68 Å². The summed E-state index contributed by atoms with van der Waals surface area (Å²) in [5.41, 5.74) is 2.73. The molecule has 0 aliphatic carbocycles. The molecule has 0 fully saturated rings. The summed E-state index contributed by atoms with van der Waals surface area (Å²) >= 11 is 0. The molecule has 1 atom stereocenters. The highest BCUT2D eigenvalue weighted by molar-refractivity contribution is 5.24. The minimum atomic E-state index is 0.305. The highest BCUT2D eigenvalue weighted by Crippen LogP contribution is 2.15. The van der Waals surface area contributed by atoms with Crippen LogP contribution < -0.4 is 5.32 Å². The second-order valence-corrected chi connectivity index (χ2v) is 5.28. The number of nitrogens with zero attached hydrogens (tertiary/aromatic N) is 3. The van der Waals surface area contributed by atoms with Crippen LogP contribution in [0.3, 0.4) is 0 Å². The second kappa shape index (κ2) is 7.20. The molecule has 4 heteroatoms. The van der Waals surface area contributed by atoms with Crippen LogP contribution in [0.5, 0.6) is 0 Å². The quantitative estimate of drug-likeness (QED) is 0.842. The Morgan fingerprint density at radius 3 is 2.60 bits per heavy atom. The highest BCUT2D eigenvalue weighted by Gasteiger charge is 2.06. The molecule has 0 bridgehead atoms. The Hall–Kier alpha value is -1.68. The van der Waals surface area contributed by atoms with Gasteiger partial charge in [0.15, 0.2) is 5.82 Å². The van der Waals surface area contributed by atoms with Gasteiger partial charge in [0, 0.05) is 13.1 Å². The predicted octanol–water partition coefficient (Wildman–Crippen LogP) is 3.01. The normalized spacial score (nSPS) is 12.6. The summed E-state index contributed by atoms with van der Waals surface area (Å²) in [4.78, 5) is 4.22. The van der Waals surface area contributed by atoms with Gasteiger partial charge >= 0.3 is 0 Å². The first kappa shape index (κ1) is 14.7. The van der Waals surface area contributed by atoms with Gasteiger partial charge in [-0.2, -0.15) is 5.10 Å². The summed E-state index contributed by atoms with van der Waals surface area (Å²) in [6, 6.07) is 9.21. The summed E-state index contributed by atoms with van der Waals surface area (Å²) in [5, 5.41) is 7.72. The van der Waals surface area contributed by atoms with Crippen LogP contribution in [-0.4, -0.2) is 14.8 Å². The highest BCUT2D eigenvalue weighted by atomic mass is 15.3. The Morgan fingerprint density at radius 1 is 1.25 bits per heavy atom. The third-order valence-corrected chi connectivity index (χ3v) is 3.51. The lowest BCUT2D eigenvalue weighted by molar-refractivity contribution is 0.556. The van der Waals surface area contributed by atoms with E-state index in [4.69, 9.17) is 0 Å². The molecule has 0 saturated heterocycles. The maximum atomic E-state index is 4.27. The lowest BCUT2D eigenvalue weighted by Crippen LogP contribution is -2.19. The average molecular weight is 272 g/mol. The lowest BCUT2D eigenvalue weighted by Gasteiger charge is -2.13. The van der Waals surface area contributed by atoms with Crippen molar-refractivity contribution in [3.8, 4) is 0 Å². The largest absolute Gasteiger partial charge is 0.303 e. The van der Waals surface area contributed by atoms with Crippen LogP contribution in [0.1, 0.15) is 49.7 Å². The zero-order valence-corrected chi connectivity index (χ0v) is 12.6. The molecule has 0 saturated carbocycles. The molecule has 2 rings (SSSR count). The van der Waals surface area contributed by atoms with E-state index in [1.807, 2.05) is 7.05 Å². The molecule has 1 heterocycles. The van der Waals surface area contributed by atoms with Crippen molar-refractivity contribution in [2.45, 2.75) is 45.7 Å². The van der Waals surface area contributed by atoms with E-state index in [0.29, 0.717) is 12.6 Å². The van der Waals surface area contributed by atoms with Crippen molar-refractivity contribution in [2.75, 3.05) is 0 Å². The van der Waals surface area contributed by atoms with Crippen molar-refractivity contribution in [1.82, 2.24) is 20.1 Å². The molecule has 20 heavy (non-hydrogen) atoms. The molecular weight excluding hydrogens is 248 g/mol. The van der Waals surface area contributed by atoms with Gasteiger partial charge in [0.25, 0.3) is 0 Å². The molecule has 108 valence electrons. The number of rotatable bonds is 7. The lowest BCUT2D eigenvalue weighted by atomic mass is 10.0. The van der Waals surface area contributed by atoms with Gasteiger partial charge in [0.2, 0.25) is 0 Å². The molecule has 1 aromatic carbocycles. The zero-order valence-electron chi connectivity index (χ0n) is 12.6. The van der Waals surface area contributed by atoms with E-state index >= 15 is 0 Å². The minimum absolute atomic E-state index is 0.305. The van der Waals surface area contributed by atoms with Crippen molar-refractivity contribution in [1.29, 1.82) is 0 Å². The Bertz CT molecular complexity index is 516. The van der Waals surface area contributed by atoms with Gasteiger partial charge in [-0.05, 0) is 30.9 Å². The van der Waals surface area contributed by atoms with E-state index in [-0.39, 0.29) is 0 Å². The van der Waals surface area contributed by atoms with E-state index in [9.17, 15) is 0 Å². The summed E-state index contributed by atoms with van der Waals surface area (Å²) in [6.45, 7) is 5.09. The summed E-state index contributed by atoms with van der Waals surface area (Å²) < 4.78 is 1.73. The molecule has 0 aliphatic rings. The Labute approximate surface area is 121 Å². The van der Waals surface area contributed by atoms with Gasteiger partial charge in [-0.25, -0.2) is 4.98 Å². The predicted molar refractivity (Wildman–Crippen MR) is 81.3 cm³/mol. The summed E-state index contributed by atoms with van der Waals surface area (Å²) in [6.07, 6.45) is 5.41. The van der Waals surface area contributed by atoms with Crippen molar-refractivity contribution < 1.29 is 0 Å². The number of aromatic nitrogens is 3. The second-order valence-electron chi connectivity index (χ2n) is 5.28. The SMILES string of the molecule is CCCCc1ccc(C(C)NCc2ncn(C)n2)cc1. The maximum absolute atomic E-state index is 4.27. The zero-order chi connectivity index (χ0) is 14.4. The number of nitrogens with one attached hydrogen (secondary N) is 1. The molecule has 1 N–H and O–H groups in total. The Morgan fingerprint density at radius 2 is 2.00 bits per heavy atom. The minimum Gasteiger partial charge on any atom is -0.303 e. The fourth-order valence-corrected chi connectivity index (χ4v) is 2.18. The molecular formula is C16H24N4. The topological polar surface area (TPSA) is 42.7 Å². The van der Waals surface area contributed by atoms with Crippen LogP contribution >= 0.6 is 0 Å². The molecule has 1 aromatic heterocycles. The molecule has 0 amide bonds. The van der Waals surface area contributed by atoms with Crippen LogP contribution in [0.4, 0.5) is 0 Å². The first-order valence-electron chi connectivity index (χ1n) is 7.35. The van der Waals surface area contributed by atoms with E-state index < -0.39 is 0 Å². The number of aryl methyl sites for hydroxylation is 2. The fraction of sp³-hybridized carbons (Fsp3) is 0.500. The Balaban J connectivity index is 1.86. The third-order valence-electron chi connectivity index (χ3n) is 3.51. The summed E-state index contributed by atoms with van der Waals surface area (Å²) in [7, 11) is 1.88. The van der Waals surface area contributed by atoms with Crippen LogP contribution in [0.25, 0.3) is 0 Å². The molecule has 0 radical (unpaired) electrons. The third kappa shape index (κ3) is 4.17. The standard InChI is InChI=1S/C16H24N4/c1-4-5-6-14-7-9-15(10-8-14)13(2)17-11-16-18-12-20(3)19-16/h7-10,12-13,17H,4-6,11H2,1-3H3. The first-order chi connectivity index (χ1) is 9.69. The van der Waals surface area contributed by atoms with Crippen LogP contribution in [0.15, 0.2) is 30.6 Å². The Kier molecular flexibility index (Phi) is 5.30. The number of unbranched alkanes of at least 4 members (excludes halogenated alkanes) is 1. The molecule has 2 aromatic rings. The van der Waals surface area contributed by atoms with Gasteiger partial charge in [-0.15, -0.1) is 0 Å². The van der Waals surface area contributed by atoms with E-state index in [0.717, 1.165) is 5.82 Å². The fourth-order valence-electron chi connectivity index (χ4n) is 2.18. The van der Waals surface area contributed by atoms with Gasteiger partial charge in [0.1, 0.15) is 6.33 Å². The van der Waals surface area contributed by atoms with Crippen molar-refractivity contribution in [3.63, 3.8) is 0 Å². The van der Waals surface area contributed by atoms with E-state index in [1.165, 1.54) is 30.4 Å². The average Bonchev–Trinajstić information content (AvgIpc) is 2.89. The van der Waals surface area contributed by atoms with Gasteiger partial charge in [-0.1, -0.05) is 37.6 Å². The van der Waals surface area contributed by atoms with Crippen LogP contribution in [0.2, 0.25) is 0 Å². The molecule has 1 unspecified atom stereocenters. The van der Waals surface area contributed by atoms with E-state index in [2.05, 4.69) is 53.5 Å². The molecule has 0 spiro atoms. The smallest absolute Gasteiger partial charge is 0.164 e. The first-order valence-corrected chi connectivity index (χ1v) is 7.35. The van der Waals surface area contributed by atoms with Gasteiger partial charge < -0.3 is 5.32 Å². The monoisotopic (exact) mass is 272 g/mol. The summed E-state index contributed by atoms with van der Waals surface area (Å²) in [5.74, 6) is 0.832. The van der Waals surface area contributed by atoms with Crippen LogP contribution in [0, 0.1) is 0 Å². The van der Waals surface area contributed by atoms with Crippen molar-refractivity contribution >= 4 is 0 Å². The van der Waals surface area contributed by atoms with Crippen LogP contribution in [-0.2, 0) is 20.0 Å². The van der Waals surface area contributed by atoms with Crippen molar-refractivity contribution in [3.05, 3.63) is 47.5 Å². The van der Waals surface area contributed by atoms with Gasteiger partial charge in [0.05, 0.1) is 6.54 Å². The number of hydrogen-bond donors (Lipinski definition) is 1. The van der Waals surface area contributed by atoms with Crippen molar-refractivity contribution in [2.24, 2.45) is 7.05 Å². The molecule has 0 aliphatic heterocycles. The number of benzene rings is 1. The number of hydrogen-bond acceptors (Lipinski definition) is 3.